The number of carbonyl (C=O) groups excluding carboxylic acids is 2. The van der Waals surface area contributed by atoms with Gasteiger partial charge in [0.15, 0.2) is 6.29 Å². The molecule has 0 bridgehead atoms. The van der Waals surface area contributed by atoms with Crippen molar-refractivity contribution in [2.24, 2.45) is 7.05 Å². The fraction of sp³-hybridized carbons (Fsp3) is 0.250. The number of amides is 2. The SMILES string of the molecule is Cn1nnnc1SC[C@H]1C[C@@H](c2ccc(CO)cc2)O[C@@H](c2ccc(N3C(=O)c4ccccc4C3=O)cc2)O1. The van der Waals surface area contributed by atoms with Crippen LogP contribution < -0.4 is 4.90 Å². The average Bonchev–Trinajstić information content (AvgIpc) is 3.51. The quantitative estimate of drug-likeness (QED) is 0.274. The number of tetrazole rings is 1. The standard InChI is InChI=1S/C28H25N5O5S/c1-32-28(29-30-31-32)39-16-21-14-24(18-8-6-17(15-34)7-9-18)38-27(37-21)19-10-12-20(13-11-19)33-25(35)22-4-2-3-5-23(22)26(33)36/h2-13,21,24,27,34H,14-16H2,1H3/t21-,24+,27+/m1/s1. The summed E-state index contributed by atoms with van der Waals surface area (Å²) >= 11 is 1.51. The summed E-state index contributed by atoms with van der Waals surface area (Å²) in [6, 6.07) is 21.6. The lowest BCUT2D eigenvalue weighted by Gasteiger charge is -2.36. The number of fused-ring (bicyclic) bond motifs is 1. The highest BCUT2D eigenvalue weighted by Crippen LogP contribution is 2.40. The van der Waals surface area contributed by atoms with E-state index in [0.717, 1.165) is 16.7 Å². The van der Waals surface area contributed by atoms with Crippen LogP contribution in [-0.2, 0) is 23.1 Å². The number of carbonyl (C=O) groups is 2. The van der Waals surface area contributed by atoms with Crippen LogP contribution in [0.3, 0.4) is 0 Å². The lowest BCUT2D eigenvalue weighted by atomic mass is 10.0. The monoisotopic (exact) mass is 543 g/mol. The Bertz CT molecular complexity index is 1470. The van der Waals surface area contributed by atoms with Crippen molar-refractivity contribution in [2.75, 3.05) is 10.7 Å². The van der Waals surface area contributed by atoms with E-state index in [2.05, 4.69) is 15.5 Å². The van der Waals surface area contributed by atoms with Crippen LogP contribution in [0.1, 0.15) is 56.2 Å². The fourth-order valence-corrected chi connectivity index (χ4v) is 5.61. The summed E-state index contributed by atoms with van der Waals surface area (Å²) in [4.78, 5) is 27.0. The Kier molecular flexibility index (Phi) is 6.96. The second-order valence-corrected chi connectivity index (χ2v) is 10.3. The Morgan fingerprint density at radius 2 is 1.59 bits per heavy atom. The van der Waals surface area contributed by atoms with Crippen LogP contribution in [0.15, 0.2) is 78.0 Å². The molecular formula is C28H25N5O5S. The van der Waals surface area contributed by atoms with E-state index in [1.54, 1.807) is 48.1 Å². The Morgan fingerprint density at radius 1 is 0.923 bits per heavy atom. The van der Waals surface area contributed by atoms with Gasteiger partial charge >= 0.3 is 0 Å². The molecule has 0 radical (unpaired) electrons. The second-order valence-electron chi connectivity index (χ2n) is 9.33. The van der Waals surface area contributed by atoms with Gasteiger partial charge in [-0.1, -0.05) is 60.3 Å². The van der Waals surface area contributed by atoms with Gasteiger partial charge in [0.2, 0.25) is 5.16 Å². The molecule has 6 rings (SSSR count). The summed E-state index contributed by atoms with van der Waals surface area (Å²) < 4.78 is 14.4. The molecule has 39 heavy (non-hydrogen) atoms. The van der Waals surface area contributed by atoms with Gasteiger partial charge in [-0.05, 0) is 45.8 Å². The average molecular weight is 544 g/mol. The van der Waals surface area contributed by atoms with E-state index in [1.165, 1.54) is 16.7 Å². The zero-order chi connectivity index (χ0) is 26.9. The maximum atomic E-state index is 12.9. The maximum absolute atomic E-state index is 12.9. The van der Waals surface area contributed by atoms with Gasteiger partial charge in [0, 0.05) is 24.8 Å². The molecule has 2 amide bonds. The summed E-state index contributed by atoms with van der Waals surface area (Å²) in [5.74, 6) is -0.0580. The molecule has 10 nitrogen and oxygen atoms in total. The fourth-order valence-electron chi connectivity index (χ4n) is 4.74. The zero-order valence-corrected chi connectivity index (χ0v) is 21.8. The Balaban J connectivity index is 1.23. The normalized spacial score (nSPS) is 20.9. The second kappa shape index (κ2) is 10.7. The van der Waals surface area contributed by atoms with Crippen molar-refractivity contribution < 1.29 is 24.2 Å². The molecule has 1 N–H and O–H groups in total. The minimum atomic E-state index is -0.666. The third kappa shape index (κ3) is 4.97. The highest BCUT2D eigenvalue weighted by molar-refractivity contribution is 7.99. The third-order valence-electron chi connectivity index (χ3n) is 6.81. The molecular weight excluding hydrogens is 518 g/mol. The predicted octanol–water partition coefficient (Wildman–Crippen LogP) is 3.84. The summed E-state index contributed by atoms with van der Waals surface area (Å²) in [5, 5.41) is 21.7. The number of aryl methyl sites for hydroxylation is 1. The van der Waals surface area contributed by atoms with Crippen molar-refractivity contribution >= 4 is 29.3 Å². The lowest BCUT2D eigenvalue weighted by Crippen LogP contribution is -2.31. The molecule has 1 saturated heterocycles. The molecule has 0 spiro atoms. The molecule has 4 aromatic rings. The molecule has 2 aliphatic heterocycles. The van der Waals surface area contributed by atoms with Crippen LogP contribution in [0.25, 0.3) is 0 Å². The van der Waals surface area contributed by atoms with E-state index in [1.807, 2.05) is 36.4 Å². The number of anilines is 1. The number of hydrogen-bond acceptors (Lipinski definition) is 9. The number of ether oxygens (including phenoxy) is 2. The summed E-state index contributed by atoms with van der Waals surface area (Å²) in [7, 11) is 1.79. The van der Waals surface area contributed by atoms with Gasteiger partial charge in [-0.3, -0.25) is 9.59 Å². The van der Waals surface area contributed by atoms with Gasteiger partial charge < -0.3 is 14.6 Å². The van der Waals surface area contributed by atoms with Crippen LogP contribution in [0.4, 0.5) is 5.69 Å². The zero-order valence-electron chi connectivity index (χ0n) is 21.0. The Hall–Kier alpha value is -3.90. The van der Waals surface area contributed by atoms with Gasteiger partial charge in [0.25, 0.3) is 11.8 Å². The number of aliphatic hydroxyl groups is 1. The lowest BCUT2D eigenvalue weighted by molar-refractivity contribution is -0.245. The van der Waals surface area contributed by atoms with Crippen LogP contribution in [0.5, 0.6) is 0 Å². The Morgan fingerprint density at radius 3 is 2.21 bits per heavy atom. The number of thioether (sulfide) groups is 1. The van der Waals surface area contributed by atoms with E-state index >= 15 is 0 Å². The van der Waals surface area contributed by atoms with E-state index in [0.29, 0.717) is 34.1 Å². The van der Waals surface area contributed by atoms with Gasteiger partial charge in [-0.25, -0.2) is 9.58 Å². The number of rotatable bonds is 7. The van der Waals surface area contributed by atoms with E-state index in [9.17, 15) is 14.7 Å². The summed E-state index contributed by atoms with van der Waals surface area (Å²) in [6.07, 6.45) is -0.444. The molecule has 3 aromatic carbocycles. The Labute approximate surface area is 228 Å². The molecule has 0 unspecified atom stereocenters. The minimum Gasteiger partial charge on any atom is -0.392 e. The summed E-state index contributed by atoms with van der Waals surface area (Å²) in [5.41, 5.74) is 3.87. The first-order valence-electron chi connectivity index (χ1n) is 12.5. The highest BCUT2D eigenvalue weighted by Gasteiger charge is 2.37. The number of aromatic nitrogens is 4. The first-order chi connectivity index (χ1) is 19.0. The van der Waals surface area contributed by atoms with Crippen molar-refractivity contribution in [1.82, 2.24) is 20.2 Å². The molecule has 1 fully saturated rings. The highest BCUT2D eigenvalue weighted by atomic mass is 32.2. The summed E-state index contributed by atoms with van der Waals surface area (Å²) in [6.45, 7) is -0.0258. The minimum absolute atomic E-state index is 0.0258. The van der Waals surface area contributed by atoms with Gasteiger partial charge in [0.05, 0.1) is 35.6 Å². The third-order valence-corrected chi connectivity index (χ3v) is 7.95. The molecule has 2 aliphatic rings. The maximum Gasteiger partial charge on any atom is 0.266 e. The first-order valence-corrected chi connectivity index (χ1v) is 13.4. The smallest absolute Gasteiger partial charge is 0.266 e. The van der Waals surface area contributed by atoms with E-state index in [4.69, 9.17) is 9.47 Å². The molecule has 0 saturated carbocycles. The van der Waals surface area contributed by atoms with Crippen molar-refractivity contribution in [3.63, 3.8) is 0 Å². The number of imide groups is 1. The van der Waals surface area contributed by atoms with Crippen LogP contribution in [0, 0.1) is 0 Å². The van der Waals surface area contributed by atoms with Crippen molar-refractivity contribution in [3.8, 4) is 0 Å². The van der Waals surface area contributed by atoms with Crippen molar-refractivity contribution in [3.05, 3.63) is 101 Å². The first kappa shape index (κ1) is 25.4. The van der Waals surface area contributed by atoms with Crippen LogP contribution >= 0.6 is 11.8 Å². The van der Waals surface area contributed by atoms with Crippen LogP contribution in [0.2, 0.25) is 0 Å². The number of benzene rings is 3. The largest absolute Gasteiger partial charge is 0.392 e. The molecule has 0 aliphatic carbocycles. The molecule has 3 atom stereocenters. The molecule has 198 valence electrons. The van der Waals surface area contributed by atoms with Crippen molar-refractivity contribution in [1.29, 1.82) is 0 Å². The van der Waals surface area contributed by atoms with Crippen LogP contribution in [-0.4, -0.2) is 49.0 Å². The van der Waals surface area contributed by atoms with Gasteiger partial charge in [0.1, 0.15) is 0 Å². The topological polar surface area (TPSA) is 120 Å². The number of nitrogens with zero attached hydrogens (tertiary/aromatic N) is 5. The molecule has 11 heteroatoms. The van der Waals surface area contributed by atoms with Gasteiger partial charge in [-0.2, -0.15) is 0 Å². The number of aliphatic hydroxyl groups excluding tert-OH is 1. The molecule has 3 heterocycles. The van der Waals surface area contributed by atoms with Gasteiger partial charge in [-0.15, -0.1) is 5.10 Å². The predicted molar refractivity (Wildman–Crippen MR) is 142 cm³/mol. The van der Waals surface area contributed by atoms with E-state index in [-0.39, 0.29) is 30.6 Å². The number of hydrogen-bond donors (Lipinski definition) is 1. The molecule has 1 aromatic heterocycles. The van der Waals surface area contributed by atoms with E-state index < -0.39 is 6.29 Å². The van der Waals surface area contributed by atoms with Crippen molar-refractivity contribution in [2.45, 2.75) is 36.7 Å².